The highest BCUT2D eigenvalue weighted by atomic mass is 19.4. The number of carbonyl (C=O) groups excluding carboxylic acids is 1. The Morgan fingerprint density at radius 2 is 1.91 bits per heavy atom. The molecular weight excluding hydrogens is 441 g/mol. The number of alkyl halides is 3. The number of ether oxygens (including phenoxy) is 1. The molecule has 2 fully saturated rings. The molecule has 176 valence electrons. The van der Waals surface area contributed by atoms with Crippen LogP contribution < -0.4 is 20.8 Å². The van der Waals surface area contributed by atoms with Crippen LogP contribution in [0.1, 0.15) is 36.1 Å². The van der Waals surface area contributed by atoms with Crippen molar-refractivity contribution >= 4 is 5.91 Å². The van der Waals surface area contributed by atoms with Gasteiger partial charge in [0.25, 0.3) is 0 Å². The smallest absolute Gasteiger partial charge is 0.424 e. The summed E-state index contributed by atoms with van der Waals surface area (Å²) >= 11 is 0. The first-order valence-electron chi connectivity index (χ1n) is 10.8. The third-order valence-corrected chi connectivity index (χ3v) is 6.06. The van der Waals surface area contributed by atoms with Crippen molar-refractivity contribution in [1.29, 1.82) is 0 Å². The predicted octanol–water partition coefficient (Wildman–Crippen LogP) is 1.80. The van der Waals surface area contributed by atoms with Crippen LogP contribution in [0.5, 0.6) is 5.75 Å². The lowest BCUT2D eigenvalue weighted by Gasteiger charge is -2.38. The molecule has 0 radical (unpaired) electrons. The number of amides is 1. The largest absolute Gasteiger partial charge is 0.573 e. The third-order valence-electron chi connectivity index (χ3n) is 6.06. The monoisotopic (exact) mass is 464 g/mol. The molecule has 33 heavy (non-hydrogen) atoms. The van der Waals surface area contributed by atoms with E-state index in [1.54, 1.807) is 6.08 Å². The number of aromatic nitrogens is 2. The molecule has 2 atom stereocenters. The molecule has 3 aliphatic rings. The van der Waals surface area contributed by atoms with Crippen LogP contribution in [0.15, 0.2) is 40.5 Å². The number of carbonyl (C=O) groups is 1. The number of hydrogen-bond donors (Lipinski definition) is 3. The van der Waals surface area contributed by atoms with Crippen LogP contribution in [0.4, 0.5) is 13.2 Å². The Morgan fingerprint density at radius 3 is 2.64 bits per heavy atom. The summed E-state index contributed by atoms with van der Waals surface area (Å²) in [5.41, 5.74) is 5.04. The summed E-state index contributed by atoms with van der Waals surface area (Å²) < 4.78 is 46.7. The van der Waals surface area contributed by atoms with Crippen molar-refractivity contribution < 1.29 is 27.1 Å². The summed E-state index contributed by atoms with van der Waals surface area (Å²) in [6.45, 7) is 2.36. The molecule has 12 heteroatoms. The molecule has 4 heterocycles. The van der Waals surface area contributed by atoms with Crippen LogP contribution in [0, 0.1) is 5.92 Å². The van der Waals surface area contributed by atoms with Gasteiger partial charge in [-0.15, -0.1) is 23.4 Å². The van der Waals surface area contributed by atoms with Gasteiger partial charge >= 0.3 is 6.36 Å². The standard InChI is InChI=1S/C21H23F3N6O3/c22-21(23,24)33-14-3-1-12(2-4-14)9-18-28-29-20(32-18)15-11-26-30-16(10-17(31)27-19(15)30)13-5-7-25-8-6-13/h1-4,10,13,15,19,25-26H,5-9,11H2,(H,27,31). The fourth-order valence-corrected chi connectivity index (χ4v) is 4.52. The molecule has 0 aliphatic carbocycles. The highest BCUT2D eigenvalue weighted by molar-refractivity contribution is 5.89. The lowest BCUT2D eigenvalue weighted by Crippen LogP contribution is -2.53. The van der Waals surface area contributed by atoms with Crippen LogP contribution in [0.2, 0.25) is 0 Å². The molecule has 1 aromatic heterocycles. The van der Waals surface area contributed by atoms with E-state index >= 15 is 0 Å². The van der Waals surface area contributed by atoms with E-state index in [2.05, 4.69) is 31.0 Å². The van der Waals surface area contributed by atoms with Gasteiger partial charge < -0.3 is 19.8 Å². The highest BCUT2D eigenvalue weighted by Crippen LogP contribution is 2.34. The van der Waals surface area contributed by atoms with Crippen molar-refractivity contribution in [1.82, 2.24) is 31.3 Å². The van der Waals surface area contributed by atoms with Crippen LogP contribution in [0.25, 0.3) is 0 Å². The molecule has 2 saturated heterocycles. The minimum atomic E-state index is -4.73. The zero-order valence-corrected chi connectivity index (χ0v) is 17.6. The van der Waals surface area contributed by atoms with Crippen molar-refractivity contribution in [3.8, 4) is 5.75 Å². The van der Waals surface area contributed by atoms with Gasteiger partial charge in [-0.1, -0.05) is 12.1 Å². The Kier molecular flexibility index (Phi) is 5.71. The first-order valence-corrected chi connectivity index (χ1v) is 10.8. The summed E-state index contributed by atoms with van der Waals surface area (Å²) in [4.78, 5) is 12.4. The number of nitrogens with one attached hydrogen (secondary N) is 3. The van der Waals surface area contributed by atoms with Gasteiger partial charge in [0.05, 0.1) is 12.3 Å². The maximum Gasteiger partial charge on any atom is 0.573 e. The molecule has 9 nitrogen and oxygen atoms in total. The van der Waals surface area contributed by atoms with Gasteiger partial charge in [-0.25, -0.2) is 5.43 Å². The number of piperidine rings is 1. The normalized spacial score (nSPS) is 23.8. The van der Waals surface area contributed by atoms with E-state index in [-0.39, 0.29) is 30.2 Å². The molecule has 1 amide bonds. The quantitative estimate of drug-likeness (QED) is 0.616. The predicted molar refractivity (Wildman–Crippen MR) is 108 cm³/mol. The SMILES string of the molecule is O=C1C=C(C2CCNCC2)N2NCC(c3nnc(Cc4ccc(OC(F)(F)F)cc4)o3)C2N1. The van der Waals surface area contributed by atoms with Gasteiger partial charge in [0.15, 0.2) is 0 Å². The second kappa shape index (κ2) is 8.67. The Hall–Kier alpha value is -3.12. The molecule has 1 aromatic carbocycles. The van der Waals surface area contributed by atoms with E-state index in [4.69, 9.17) is 4.42 Å². The van der Waals surface area contributed by atoms with E-state index in [1.807, 2.05) is 5.01 Å². The number of nitrogens with zero attached hydrogens (tertiary/aromatic N) is 3. The van der Waals surface area contributed by atoms with Crippen molar-refractivity contribution in [2.75, 3.05) is 19.6 Å². The second-order valence-corrected chi connectivity index (χ2v) is 8.29. The lowest BCUT2D eigenvalue weighted by molar-refractivity contribution is -0.274. The Labute approximate surface area is 187 Å². The van der Waals surface area contributed by atoms with E-state index in [9.17, 15) is 18.0 Å². The van der Waals surface area contributed by atoms with E-state index in [0.29, 0.717) is 29.8 Å². The summed E-state index contributed by atoms with van der Waals surface area (Å²) in [6, 6.07) is 5.51. The third kappa shape index (κ3) is 4.81. The number of allylic oxidation sites excluding steroid dienone is 1. The van der Waals surface area contributed by atoms with Crippen molar-refractivity contribution in [3.05, 3.63) is 53.4 Å². The number of hydrogen-bond acceptors (Lipinski definition) is 8. The summed E-state index contributed by atoms with van der Waals surface area (Å²) in [7, 11) is 0. The summed E-state index contributed by atoms with van der Waals surface area (Å²) in [5.74, 6) is 0.370. The first kappa shape index (κ1) is 21.7. The minimum Gasteiger partial charge on any atom is -0.424 e. The Bertz CT molecular complexity index is 1030. The lowest BCUT2D eigenvalue weighted by atomic mass is 9.92. The highest BCUT2D eigenvalue weighted by Gasteiger charge is 2.44. The number of benzene rings is 1. The summed E-state index contributed by atoms with van der Waals surface area (Å²) in [5, 5.41) is 16.6. The second-order valence-electron chi connectivity index (χ2n) is 8.29. The van der Waals surface area contributed by atoms with Crippen molar-refractivity contribution in [2.45, 2.75) is 37.7 Å². The maximum absolute atomic E-state index is 12.4. The number of hydrazine groups is 1. The van der Waals surface area contributed by atoms with Gasteiger partial charge in [0.1, 0.15) is 11.9 Å². The molecule has 3 N–H and O–H groups in total. The molecule has 2 unspecified atom stereocenters. The average molecular weight is 464 g/mol. The van der Waals surface area contributed by atoms with E-state index in [1.165, 1.54) is 24.3 Å². The van der Waals surface area contributed by atoms with Crippen LogP contribution in [0.3, 0.4) is 0 Å². The molecular formula is C21H23F3N6O3. The Morgan fingerprint density at radius 1 is 1.15 bits per heavy atom. The molecule has 2 aromatic rings. The number of rotatable bonds is 5. The molecule has 0 bridgehead atoms. The van der Waals surface area contributed by atoms with Gasteiger partial charge in [0, 0.05) is 24.2 Å². The minimum absolute atomic E-state index is 0.139. The zero-order valence-electron chi connectivity index (χ0n) is 17.6. The fraction of sp³-hybridized carbons (Fsp3) is 0.476. The summed E-state index contributed by atoms with van der Waals surface area (Å²) in [6.07, 6.45) is -1.21. The fourth-order valence-electron chi connectivity index (χ4n) is 4.52. The van der Waals surface area contributed by atoms with E-state index in [0.717, 1.165) is 31.6 Å². The molecule has 3 aliphatic heterocycles. The van der Waals surface area contributed by atoms with Crippen LogP contribution >= 0.6 is 0 Å². The first-order chi connectivity index (χ1) is 15.9. The topological polar surface area (TPSA) is 105 Å². The average Bonchev–Trinajstić information content (AvgIpc) is 3.41. The van der Waals surface area contributed by atoms with Gasteiger partial charge in [-0.2, -0.15) is 0 Å². The molecule has 0 spiro atoms. The molecule has 5 rings (SSSR count). The zero-order chi connectivity index (χ0) is 23.0. The van der Waals surface area contributed by atoms with Crippen LogP contribution in [-0.2, 0) is 11.2 Å². The molecule has 0 saturated carbocycles. The van der Waals surface area contributed by atoms with Gasteiger partial charge in [0.2, 0.25) is 17.7 Å². The number of halogens is 3. The maximum atomic E-state index is 12.4. The Balaban J connectivity index is 1.26. The number of fused-ring (bicyclic) bond motifs is 1. The van der Waals surface area contributed by atoms with Gasteiger partial charge in [-0.3, -0.25) is 9.80 Å². The van der Waals surface area contributed by atoms with E-state index < -0.39 is 6.36 Å². The van der Waals surface area contributed by atoms with Crippen LogP contribution in [-0.4, -0.2) is 53.3 Å². The van der Waals surface area contributed by atoms with Crippen molar-refractivity contribution in [2.24, 2.45) is 5.92 Å². The van der Waals surface area contributed by atoms with Crippen molar-refractivity contribution in [3.63, 3.8) is 0 Å². The van der Waals surface area contributed by atoms with Gasteiger partial charge in [-0.05, 0) is 43.6 Å².